The van der Waals surface area contributed by atoms with Crippen molar-refractivity contribution >= 4 is 23.2 Å². The molecule has 0 saturated heterocycles. The van der Waals surface area contributed by atoms with Crippen molar-refractivity contribution in [1.82, 2.24) is 5.32 Å². The zero-order valence-corrected chi connectivity index (χ0v) is 11.0. The highest BCUT2D eigenvalue weighted by Gasteiger charge is 2.17. The summed E-state index contributed by atoms with van der Waals surface area (Å²) in [6.45, 7) is 2.38. The van der Waals surface area contributed by atoms with E-state index in [2.05, 4.69) is 10.6 Å². The lowest BCUT2D eigenvalue weighted by molar-refractivity contribution is -0.384. The van der Waals surface area contributed by atoms with Gasteiger partial charge in [0.05, 0.1) is 4.92 Å². The fourth-order valence-corrected chi connectivity index (χ4v) is 1.56. The molecule has 1 aromatic rings. The number of nitrogens with zero attached hydrogens (tertiary/aromatic N) is 1. The molecule has 0 unspecified atom stereocenters. The van der Waals surface area contributed by atoms with Gasteiger partial charge in [-0.25, -0.2) is 0 Å². The maximum atomic E-state index is 11.6. The van der Waals surface area contributed by atoms with Gasteiger partial charge in [0.25, 0.3) is 11.6 Å². The quantitative estimate of drug-likeness (QED) is 0.498. The predicted octanol–water partition coefficient (Wildman–Crippen LogP) is 0.632. The predicted molar refractivity (Wildman–Crippen MR) is 73.4 cm³/mol. The molecule has 0 aromatic heterocycles. The molecule has 0 heterocycles. The van der Waals surface area contributed by atoms with Crippen LogP contribution >= 0.6 is 0 Å². The Morgan fingerprint density at radius 3 is 2.65 bits per heavy atom. The Kier molecular flexibility index (Phi) is 5.45. The van der Waals surface area contributed by atoms with Gasteiger partial charge in [-0.3, -0.25) is 19.7 Å². The van der Waals surface area contributed by atoms with E-state index in [9.17, 15) is 19.7 Å². The second kappa shape index (κ2) is 7.07. The number of nitro benzene ring substituents is 1. The van der Waals surface area contributed by atoms with E-state index in [0.717, 1.165) is 0 Å². The highest BCUT2D eigenvalue weighted by molar-refractivity contribution is 5.95. The van der Waals surface area contributed by atoms with Crippen LogP contribution < -0.4 is 16.4 Å². The SMILES string of the molecule is CCNC(=O)c1ccc(NCCC(N)=O)c([N+](=O)[O-])c1. The van der Waals surface area contributed by atoms with Gasteiger partial charge in [-0.1, -0.05) is 0 Å². The van der Waals surface area contributed by atoms with Crippen LogP contribution in [-0.4, -0.2) is 29.8 Å². The van der Waals surface area contributed by atoms with E-state index in [1.54, 1.807) is 6.92 Å². The molecule has 1 rings (SSSR count). The van der Waals surface area contributed by atoms with Crippen LogP contribution in [0.3, 0.4) is 0 Å². The summed E-state index contributed by atoms with van der Waals surface area (Å²) in [5.41, 5.74) is 5.21. The minimum absolute atomic E-state index is 0.0647. The summed E-state index contributed by atoms with van der Waals surface area (Å²) in [6, 6.07) is 4.10. The average Bonchev–Trinajstić information content (AvgIpc) is 2.38. The molecule has 0 spiro atoms. The van der Waals surface area contributed by atoms with Gasteiger partial charge < -0.3 is 16.4 Å². The van der Waals surface area contributed by atoms with Gasteiger partial charge in [-0.2, -0.15) is 0 Å². The van der Waals surface area contributed by atoms with Gasteiger partial charge in [0.15, 0.2) is 0 Å². The molecule has 8 nitrogen and oxygen atoms in total. The number of hydrogen-bond acceptors (Lipinski definition) is 5. The third-order valence-corrected chi connectivity index (χ3v) is 2.48. The summed E-state index contributed by atoms with van der Waals surface area (Å²) in [4.78, 5) is 32.6. The molecular formula is C12H16N4O4. The summed E-state index contributed by atoms with van der Waals surface area (Å²) in [6.07, 6.45) is 0.0647. The standard InChI is InChI=1S/C12H16N4O4/c1-2-14-12(18)8-3-4-9(10(7-8)16(19)20)15-6-5-11(13)17/h3-4,7,15H,2,5-6H2,1H3,(H2,13,17)(H,14,18). The first-order valence-corrected chi connectivity index (χ1v) is 6.04. The summed E-state index contributed by atoms with van der Waals surface area (Å²) in [7, 11) is 0. The molecular weight excluding hydrogens is 264 g/mol. The molecule has 2 amide bonds. The molecule has 0 atom stereocenters. The van der Waals surface area contributed by atoms with Crippen molar-refractivity contribution in [1.29, 1.82) is 0 Å². The van der Waals surface area contributed by atoms with Crippen molar-refractivity contribution < 1.29 is 14.5 Å². The largest absolute Gasteiger partial charge is 0.379 e. The van der Waals surface area contributed by atoms with Crippen LogP contribution in [-0.2, 0) is 4.79 Å². The third kappa shape index (κ3) is 4.23. The molecule has 0 aliphatic rings. The molecule has 4 N–H and O–H groups in total. The van der Waals surface area contributed by atoms with E-state index < -0.39 is 10.8 Å². The van der Waals surface area contributed by atoms with Crippen LogP contribution in [0, 0.1) is 10.1 Å². The first-order chi connectivity index (χ1) is 9.45. The lowest BCUT2D eigenvalue weighted by Gasteiger charge is -2.08. The number of hydrogen-bond donors (Lipinski definition) is 3. The number of primary amides is 1. The van der Waals surface area contributed by atoms with Gasteiger partial charge in [0, 0.05) is 31.1 Å². The van der Waals surface area contributed by atoms with E-state index in [1.165, 1.54) is 18.2 Å². The van der Waals surface area contributed by atoms with E-state index in [0.29, 0.717) is 6.54 Å². The molecule has 0 radical (unpaired) electrons. The van der Waals surface area contributed by atoms with Crippen LogP contribution in [0.4, 0.5) is 11.4 Å². The summed E-state index contributed by atoms with van der Waals surface area (Å²) >= 11 is 0. The van der Waals surface area contributed by atoms with Crippen molar-refractivity contribution in [2.24, 2.45) is 5.73 Å². The van der Waals surface area contributed by atoms with Crippen molar-refractivity contribution in [3.8, 4) is 0 Å². The number of nitrogens with one attached hydrogen (secondary N) is 2. The molecule has 8 heteroatoms. The number of anilines is 1. The monoisotopic (exact) mass is 280 g/mol. The number of carbonyl (C=O) groups is 2. The lowest BCUT2D eigenvalue weighted by Crippen LogP contribution is -2.22. The van der Waals surface area contributed by atoms with E-state index >= 15 is 0 Å². The van der Waals surface area contributed by atoms with Gasteiger partial charge in [-0.05, 0) is 19.1 Å². The molecule has 0 aliphatic carbocycles. The van der Waals surface area contributed by atoms with Crippen molar-refractivity contribution in [3.05, 3.63) is 33.9 Å². The van der Waals surface area contributed by atoms with Crippen LogP contribution in [0.25, 0.3) is 0 Å². The summed E-state index contributed by atoms with van der Waals surface area (Å²) in [5.74, 6) is -0.876. The Hall–Kier alpha value is -2.64. The van der Waals surface area contributed by atoms with Crippen LogP contribution in [0.5, 0.6) is 0 Å². The van der Waals surface area contributed by atoms with E-state index in [-0.39, 0.29) is 35.8 Å². The molecule has 20 heavy (non-hydrogen) atoms. The van der Waals surface area contributed by atoms with Gasteiger partial charge in [0.2, 0.25) is 5.91 Å². The number of rotatable bonds is 7. The normalized spacial score (nSPS) is 9.85. The van der Waals surface area contributed by atoms with Crippen LogP contribution in [0.2, 0.25) is 0 Å². The minimum Gasteiger partial charge on any atom is -0.379 e. The fourth-order valence-electron chi connectivity index (χ4n) is 1.56. The molecule has 0 aliphatic heterocycles. The number of benzene rings is 1. The lowest BCUT2D eigenvalue weighted by atomic mass is 10.1. The maximum Gasteiger partial charge on any atom is 0.293 e. The Balaban J connectivity index is 2.93. The zero-order chi connectivity index (χ0) is 15.1. The Bertz CT molecular complexity index is 530. The van der Waals surface area contributed by atoms with Gasteiger partial charge in [0.1, 0.15) is 5.69 Å². The number of carbonyl (C=O) groups excluding carboxylic acids is 2. The van der Waals surface area contributed by atoms with Crippen molar-refractivity contribution in [2.75, 3.05) is 18.4 Å². The van der Waals surface area contributed by atoms with Crippen LogP contribution in [0.15, 0.2) is 18.2 Å². The minimum atomic E-state index is -0.588. The third-order valence-electron chi connectivity index (χ3n) is 2.48. The van der Waals surface area contributed by atoms with E-state index in [1.807, 2.05) is 0 Å². The molecule has 108 valence electrons. The highest BCUT2D eigenvalue weighted by Crippen LogP contribution is 2.25. The van der Waals surface area contributed by atoms with Crippen LogP contribution in [0.1, 0.15) is 23.7 Å². The first kappa shape index (κ1) is 15.4. The highest BCUT2D eigenvalue weighted by atomic mass is 16.6. The topological polar surface area (TPSA) is 127 Å². The fraction of sp³-hybridized carbons (Fsp3) is 0.333. The number of nitrogens with two attached hydrogens (primary N) is 1. The zero-order valence-electron chi connectivity index (χ0n) is 11.0. The number of nitro groups is 1. The first-order valence-electron chi connectivity index (χ1n) is 6.04. The molecule has 0 saturated carbocycles. The Morgan fingerprint density at radius 1 is 1.40 bits per heavy atom. The molecule has 0 bridgehead atoms. The van der Waals surface area contributed by atoms with E-state index in [4.69, 9.17) is 5.73 Å². The van der Waals surface area contributed by atoms with Crippen molar-refractivity contribution in [3.63, 3.8) is 0 Å². The summed E-state index contributed by atoms with van der Waals surface area (Å²) < 4.78 is 0. The molecule has 1 aromatic carbocycles. The Morgan fingerprint density at radius 2 is 2.10 bits per heavy atom. The van der Waals surface area contributed by atoms with Gasteiger partial charge in [-0.15, -0.1) is 0 Å². The number of amides is 2. The second-order valence-corrected chi connectivity index (χ2v) is 3.99. The average molecular weight is 280 g/mol. The smallest absolute Gasteiger partial charge is 0.293 e. The van der Waals surface area contributed by atoms with Crippen molar-refractivity contribution in [2.45, 2.75) is 13.3 Å². The molecule has 0 fully saturated rings. The van der Waals surface area contributed by atoms with Gasteiger partial charge >= 0.3 is 0 Å². The Labute approximate surface area is 115 Å². The second-order valence-electron chi connectivity index (χ2n) is 3.99. The summed E-state index contributed by atoms with van der Waals surface area (Å²) in [5, 5.41) is 16.3. The maximum absolute atomic E-state index is 11.6.